The number of ether oxygens (including phenoxy) is 1. The summed E-state index contributed by atoms with van der Waals surface area (Å²) in [4.78, 5) is 16.8. The van der Waals surface area contributed by atoms with E-state index in [1.54, 1.807) is 18.2 Å². The Labute approximate surface area is 161 Å². The molecule has 0 aliphatic rings. The van der Waals surface area contributed by atoms with Crippen molar-refractivity contribution in [3.63, 3.8) is 0 Å². The van der Waals surface area contributed by atoms with Crippen molar-refractivity contribution in [2.24, 2.45) is 0 Å². The molecule has 5 nitrogen and oxygen atoms in total. The fourth-order valence-corrected chi connectivity index (χ4v) is 3.07. The van der Waals surface area contributed by atoms with Crippen LogP contribution in [0.1, 0.15) is 19.2 Å². The molecule has 0 spiro atoms. The Kier molecular flexibility index (Phi) is 6.01. The third-order valence-corrected chi connectivity index (χ3v) is 4.39. The van der Waals surface area contributed by atoms with Crippen LogP contribution in [0.5, 0.6) is 5.75 Å². The lowest BCUT2D eigenvalue weighted by atomic mass is 10.3. The number of halogens is 2. The first-order valence-corrected chi connectivity index (χ1v) is 9.12. The summed E-state index contributed by atoms with van der Waals surface area (Å²) >= 11 is 12.1. The highest BCUT2D eigenvalue weighted by atomic mass is 35.5. The van der Waals surface area contributed by atoms with Crippen LogP contribution in [0.25, 0.3) is 11.0 Å². The summed E-state index contributed by atoms with van der Waals surface area (Å²) < 4.78 is 7.67. The van der Waals surface area contributed by atoms with E-state index in [-0.39, 0.29) is 19.1 Å². The zero-order valence-corrected chi connectivity index (χ0v) is 15.8. The molecule has 7 heteroatoms. The molecular formula is C19H19Cl2N3O2. The molecule has 3 aromatic rings. The van der Waals surface area contributed by atoms with Crippen LogP contribution in [0, 0.1) is 0 Å². The summed E-state index contributed by atoms with van der Waals surface area (Å²) in [6.07, 6.45) is 0.890. The number of aromatic nitrogens is 2. The van der Waals surface area contributed by atoms with Crippen LogP contribution in [-0.4, -0.2) is 22.0 Å². The van der Waals surface area contributed by atoms with E-state index in [4.69, 9.17) is 27.9 Å². The predicted octanol–water partition coefficient (Wildman–Crippen LogP) is 4.45. The Morgan fingerprint density at radius 3 is 2.81 bits per heavy atom. The minimum Gasteiger partial charge on any atom is -0.484 e. The summed E-state index contributed by atoms with van der Waals surface area (Å²) in [6.45, 7) is 3.05. The van der Waals surface area contributed by atoms with Crippen LogP contribution in [0.15, 0.2) is 42.5 Å². The third-order valence-electron chi connectivity index (χ3n) is 3.86. The largest absolute Gasteiger partial charge is 0.484 e. The molecule has 0 aliphatic heterocycles. The maximum atomic E-state index is 12.2. The topological polar surface area (TPSA) is 56.2 Å². The number of carbonyl (C=O) groups is 1. The number of para-hydroxylation sites is 2. The van der Waals surface area contributed by atoms with Gasteiger partial charge in [0, 0.05) is 11.6 Å². The minimum absolute atomic E-state index is 0.0548. The molecule has 0 saturated carbocycles. The van der Waals surface area contributed by atoms with E-state index in [9.17, 15) is 4.79 Å². The molecule has 1 heterocycles. The van der Waals surface area contributed by atoms with Crippen LogP contribution < -0.4 is 10.1 Å². The van der Waals surface area contributed by atoms with Gasteiger partial charge in [-0.3, -0.25) is 4.79 Å². The molecule has 0 unspecified atom stereocenters. The highest BCUT2D eigenvalue weighted by Gasteiger charge is 2.14. The number of carbonyl (C=O) groups excluding carboxylic acids is 1. The maximum Gasteiger partial charge on any atom is 0.240 e. The molecule has 0 fully saturated rings. The van der Waals surface area contributed by atoms with Crippen molar-refractivity contribution in [2.75, 3.05) is 6.54 Å². The van der Waals surface area contributed by atoms with Gasteiger partial charge in [0.25, 0.3) is 0 Å². The molecule has 0 aliphatic carbocycles. The van der Waals surface area contributed by atoms with Gasteiger partial charge in [-0.1, -0.05) is 42.3 Å². The summed E-state index contributed by atoms with van der Waals surface area (Å²) in [7, 11) is 0. The molecule has 0 saturated heterocycles. The average molecular weight is 392 g/mol. The standard InChI is InChI=1S/C19H19Cl2N3O2/c1-2-9-22-19(25)11-24-16-6-4-3-5-15(16)23-18(24)12-26-17-8-7-13(20)10-14(17)21/h3-8,10H,2,9,11-12H2,1H3,(H,22,25). The molecule has 0 atom stereocenters. The zero-order chi connectivity index (χ0) is 18.5. The fraction of sp³-hybridized carbons (Fsp3) is 0.263. The Balaban J connectivity index is 1.84. The minimum atomic E-state index is -0.0548. The van der Waals surface area contributed by atoms with Gasteiger partial charge >= 0.3 is 0 Å². The molecule has 1 amide bonds. The van der Waals surface area contributed by atoms with Crippen molar-refractivity contribution >= 4 is 40.1 Å². The number of hydrogen-bond acceptors (Lipinski definition) is 3. The predicted molar refractivity (Wildman–Crippen MR) is 104 cm³/mol. The molecule has 26 heavy (non-hydrogen) atoms. The van der Waals surface area contributed by atoms with Gasteiger partial charge in [0.1, 0.15) is 24.7 Å². The smallest absolute Gasteiger partial charge is 0.240 e. The molecule has 2 aromatic carbocycles. The molecule has 1 N–H and O–H groups in total. The molecular weight excluding hydrogens is 373 g/mol. The van der Waals surface area contributed by atoms with Crippen LogP contribution in [0.3, 0.4) is 0 Å². The van der Waals surface area contributed by atoms with Gasteiger partial charge in [0.05, 0.1) is 16.1 Å². The van der Waals surface area contributed by atoms with Crippen molar-refractivity contribution in [2.45, 2.75) is 26.5 Å². The first-order valence-electron chi connectivity index (χ1n) is 8.37. The summed E-state index contributed by atoms with van der Waals surface area (Å²) in [5.41, 5.74) is 1.71. The second-order valence-corrected chi connectivity index (χ2v) is 6.66. The SMILES string of the molecule is CCCNC(=O)Cn1c(COc2ccc(Cl)cc2Cl)nc2ccccc21. The first kappa shape index (κ1) is 18.5. The van der Waals surface area contributed by atoms with E-state index in [0.717, 1.165) is 17.5 Å². The number of hydrogen-bond donors (Lipinski definition) is 1. The van der Waals surface area contributed by atoms with Gasteiger partial charge in [-0.25, -0.2) is 4.98 Å². The number of amides is 1. The number of nitrogens with one attached hydrogen (secondary N) is 1. The van der Waals surface area contributed by atoms with E-state index in [1.807, 2.05) is 35.8 Å². The van der Waals surface area contributed by atoms with Crippen molar-refractivity contribution in [3.8, 4) is 5.75 Å². The van der Waals surface area contributed by atoms with Gasteiger partial charge in [0.2, 0.25) is 5.91 Å². The van der Waals surface area contributed by atoms with E-state index >= 15 is 0 Å². The van der Waals surface area contributed by atoms with E-state index in [2.05, 4.69) is 10.3 Å². The third kappa shape index (κ3) is 4.29. The van der Waals surface area contributed by atoms with E-state index < -0.39 is 0 Å². The maximum absolute atomic E-state index is 12.2. The summed E-state index contributed by atoms with van der Waals surface area (Å²) in [5.74, 6) is 1.12. The molecule has 3 rings (SSSR count). The normalized spacial score (nSPS) is 10.9. The second-order valence-electron chi connectivity index (χ2n) is 5.82. The monoisotopic (exact) mass is 391 g/mol. The van der Waals surface area contributed by atoms with Gasteiger partial charge < -0.3 is 14.6 Å². The van der Waals surface area contributed by atoms with Gasteiger partial charge in [-0.15, -0.1) is 0 Å². The lowest BCUT2D eigenvalue weighted by Gasteiger charge is -2.11. The van der Waals surface area contributed by atoms with Crippen LogP contribution in [-0.2, 0) is 17.9 Å². The number of nitrogens with zero attached hydrogens (tertiary/aromatic N) is 2. The van der Waals surface area contributed by atoms with E-state index in [1.165, 1.54) is 0 Å². The van der Waals surface area contributed by atoms with Crippen LogP contribution in [0.2, 0.25) is 10.0 Å². The molecule has 0 bridgehead atoms. The lowest BCUT2D eigenvalue weighted by molar-refractivity contribution is -0.121. The number of benzene rings is 2. The van der Waals surface area contributed by atoms with Gasteiger partial charge in [-0.2, -0.15) is 0 Å². The Hall–Kier alpha value is -2.24. The Bertz CT molecular complexity index is 924. The van der Waals surface area contributed by atoms with Crippen molar-refractivity contribution in [3.05, 3.63) is 58.3 Å². The van der Waals surface area contributed by atoms with Crippen LogP contribution >= 0.6 is 23.2 Å². The Morgan fingerprint density at radius 2 is 2.04 bits per heavy atom. The Morgan fingerprint density at radius 1 is 1.23 bits per heavy atom. The molecule has 136 valence electrons. The number of fused-ring (bicyclic) bond motifs is 1. The number of imidazole rings is 1. The number of rotatable bonds is 7. The average Bonchev–Trinajstić information content (AvgIpc) is 2.97. The fourth-order valence-electron chi connectivity index (χ4n) is 2.61. The highest BCUT2D eigenvalue weighted by molar-refractivity contribution is 6.35. The molecule has 0 radical (unpaired) electrons. The van der Waals surface area contributed by atoms with E-state index in [0.29, 0.717) is 28.2 Å². The summed E-state index contributed by atoms with van der Waals surface area (Å²) in [5, 5.41) is 3.86. The van der Waals surface area contributed by atoms with Crippen LogP contribution in [0.4, 0.5) is 0 Å². The zero-order valence-electron chi connectivity index (χ0n) is 14.3. The van der Waals surface area contributed by atoms with Gasteiger partial charge in [-0.05, 0) is 36.8 Å². The lowest BCUT2D eigenvalue weighted by Crippen LogP contribution is -2.28. The second kappa shape index (κ2) is 8.43. The summed E-state index contributed by atoms with van der Waals surface area (Å²) in [6, 6.07) is 12.7. The van der Waals surface area contributed by atoms with Crippen molar-refractivity contribution < 1.29 is 9.53 Å². The van der Waals surface area contributed by atoms with Gasteiger partial charge in [0.15, 0.2) is 0 Å². The van der Waals surface area contributed by atoms with Crippen molar-refractivity contribution in [1.82, 2.24) is 14.9 Å². The molecule has 1 aromatic heterocycles. The van der Waals surface area contributed by atoms with Crippen molar-refractivity contribution in [1.29, 1.82) is 0 Å². The highest BCUT2D eigenvalue weighted by Crippen LogP contribution is 2.28. The quantitative estimate of drug-likeness (QED) is 0.647. The first-order chi connectivity index (χ1) is 12.6.